The van der Waals surface area contributed by atoms with E-state index in [9.17, 15) is 0 Å². The van der Waals surface area contributed by atoms with Crippen LogP contribution in [0.4, 0.5) is 0 Å². The third-order valence-electron chi connectivity index (χ3n) is 3.44. The molecule has 0 heterocycles. The van der Waals surface area contributed by atoms with Crippen LogP contribution in [0.1, 0.15) is 11.1 Å². The second kappa shape index (κ2) is 8.21. The Morgan fingerprint density at radius 2 is 1.76 bits per heavy atom. The maximum atomic E-state index is 6.19. The van der Waals surface area contributed by atoms with E-state index in [2.05, 4.69) is 56.1 Å². The number of benzene rings is 2. The standard InChI is InChI=1S/C17H17Br2ClO/c1-21-17-7-6-15(18)10-14(17)9-12(11-20)8-13-4-2-3-5-16(13)19/h2-7,10,12H,8-9,11H2,1H3. The molecule has 0 saturated heterocycles. The van der Waals surface area contributed by atoms with Crippen LogP contribution in [0.25, 0.3) is 0 Å². The van der Waals surface area contributed by atoms with Crippen LogP contribution in [0.2, 0.25) is 0 Å². The van der Waals surface area contributed by atoms with Gasteiger partial charge in [0, 0.05) is 14.8 Å². The van der Waals surface area contributed by atoms with E-state index in [0.29, 0.717) is 11.8 Å². The lowest BCUT2D eigenvalue weighted by Gasteiger charge is -2.17. The van der Waals surface area contributed by atoms with Gasteiger partial charge in [-0.3, -0.25) is 0 Å². The fourth-order valence-electron chi connectivity index (χ4n) is 2.37. The molecule has 21 heavy (non-hydrogen) atoms. The van der Waals surface area contributed by atoms with Crippen molar-refractivity contribution in [2.75, 3.05) is 13.0 Å². The van der Waals surface area contributed by atoms with Crippen molar-refractivity contribution < 1.29 is 4.74 Å². The Kier molecular flexibility index (Phi) is 6.59. The minimum atomic E-state index is 0.369. The van der Waals surface area contributed by atoms with Gasteiger partial charge in [0.25, 0.3) is 0 Å². The number of rotatable bonds is 6. The first-order valence-electron chi connectivity index (χ1n) is 6.75. The van der Waals surface area contributed by atoms with Crippen LogP contribution in [-0.4, -0.2) is 13.0 Å². The van der Waals surface area contributed by atoms with Crippen LogP contribution in [0, 0.1) is 5.92 Å². The normalized spacial score (nSPS) is 12.2. The Morgan fingerprint density at radius 3 is 2.43 bits per heavy atom. The zero-order valence-electron chi connectivity index (χ0n) is 11.8. The quantitative estimate of drug-likeness (QED) is 0.520. The summed E-state index contributed by atoms with van der Waals surface area (Å²) in [6.07, 6.45) is 1.84. The largest absolute Gasteiger partial charge is 0.496 e. The summed E-state index contributed by atoms with van der Waals surface area (Å²) in [5.74, 6) is 1.91. The molecule has 0 aliphatic rings. The van der Waals surface area contributed by atoms with E-state index in [1.807, 2.05) is 18.2 Å². The third kappa shape index (κ3) is 4.73. The highest BCUT2D eigenvalue weighted by molar-refractivity contribution is 9.10. The van der Waals surface area contributed by atoms with E-state index in [1.165, 1.54) is 11.1 Å². The SMILES string of the molecule is COc1ccc(Br)cc1CC(CCl)Cc1ccccc1Br. The zero-order valence-corrected chi connectivity index (χ0v) is 15.7. The van der Waals surface area contributed by atoms with Gasteiger partial charge < -0.3 is 4.74 Å². The lowest BCUT2D eigenvalue weighted by molar-refractivity contribution is 0.405. The van der Waals surface area contributed by atoms with E-state index in [0.717, 1.165) is 27.5 Å². The Bertz CT molecular complexity index is 601. The number of halogens is 3. The van der Waals surface area contributed by atoms with Crippen LogP contribution in [0.5, 0.6) is 5.75 Å². The topological polar surface area (TPSA) is 9.23 Å². The Labute approximate surface area is 147 Å². The number of alkyl halides is 1. The van der Waals surface area contributed by atoms with E-state index in [4.69, 9.17) is 16.3 Å². The number of hydrogen-bond acceptors (Lipinski definition) is 1. The van der Waals surface area contributed by atoms with E-state index in [1.54, 1.807) is 7.11 Å². The number of hydrogen-bond donors (Lipinski definition) is 0. The first kappa shape index (κ1) is 16.9. The average Bonchev–Trinajstić information content (AvgIpc) is 2.49. The van der Waals surface area contributed by atoms with Gasteiger partial charge in [0.05, 0.1) is 7.11 Å². The lowest BCUT2D eigenvalue weighted by Crippen LogP contribution is -2.11. The average molecular weight is 433 g/mol. The first-order chi connectivity index (χ1) is 10.1. The fraction of sp³-hybridized carbons (Fsp3) is 0.294. The second-order valence-corrected chi connectivity index (χ2v) is 7.05. The van der Waals surface area contributed by atoms with Crippen LogP contribution in [0.15, 0.2) is 51.4 Å². The van der Waals surface area contributed by atoms with Crippen molar-refractivity contribution in [2.24, 2.45) is 5.92 Å². The Morgan fingerprint density at radius 1 is 1.05 bits per heavy atom. The predicted octanol–water partition coefficient (Wildman–Crippen LogP) is 5.86. The Balaban J connectivity index is 2.16. The molecule has 1 atom stereocenters. The minimum Gasteiger partial charge on any atom is -0.496 e. The molecular formula is C17H17Br2ClO. The molecule has 1 unspecified atom stereocenters. The molecule has 0 aromatic heterocycles. The van der Waals surface area contributed by atoms with Crippen LogP contribution >= 0.6 is 43.5 Å². The highest BCUT2D eigenvalue weighted by Crippen LogP contribution is 2.28. The summed E-state index contributed by atoms with van der Waals surface area (Å²) in [6.45, 7) is 0. The smallest absolute Gasteiger partial charge is 0.122 e. The van der Waals surface area contributed by atoms with E-state index in [-0.39, 0.29) is 0 Å². The van der Waals surface area contributed by atoms with Gasteiger partial charge in [-0.05, 0) is 54.2 Å². The van der Waals surface area contributed by atoms with E-state index < -0.39 is 0 Å². The van der Waals surface area contributed by atoms with Crippen LogP contribution in [-0.2, 0) is 12.8 Å². The summed E-state index contributed by atoms with van der Waals surface area (Å²) in [7, 11) is 1.70. The summed E-state index contributed by atoms with van der Waals surface area (Å²) in [4.78, 5) is 0. The molecule has 2 aromatic carbocycles. The third-order valence-corrected chi connectivity index (χ3v) is 5.14. The molecule has 0 amide bonds. The molecule has 2 aromatic rings. The van der Waals surface area contributed by atoms with Crippen molar-refractivity contribution in [1.82, 2.24) is 0 Å². The first-order valence-corrected chi connectivity index (χ1v) is 8.88. The summed E-state index contributed by atoms with van der Waals surface area (Å²) < 4.78 is 7.65. The van der Waals surface area contributed by atoms with Crippen molar-refractivity contribution >= 4 is 43.5 Å². The van der Waals surface area contributed by atoms with E-state index >= 15 is 0 Å². The fourth-order valence-corrected chi connectivity index (χ4v) is 3.45. The maximum Gasteiger partial charge on any atom is 0.122 e. The summed E-state index contributed by atoms with van der Waals surface area (Å²) in [6, 6.07) is 14.4. The van der Waals surface area contributed by atoms with Gasteiger partial charge in [-0.1, -0.05) is 50.1 Å². The molecule has 0 N–H and O–H groups in total. The van der Waals surface area contributed by atoms with Gasteiger partial charge in [-0.15, -0.1) is 11.6 Å². The van der Waals surface area contributed by atoms with Crippen LogP contribution < -0.4 is 4.74 Å². The zero-order chi connectivity index (χ0) is 15.2. The molecule has 0 bridgehead atoms. The van der Waals surface area contributed by atoms with Gasteiger partial charge in [0.1, 0.15) is 5.75 Å². The van der Waals surface area contributed by atoms with Crippen molar-refractivity contribution in [2.45, 2.75) is 12.8 Å². The summed E-state index contributed by atoms with van der Waals surface area (Å²) in [5.41, 5.74) is 2.47. The highest BCUT2D eigenvalue weighted by atomic mass is 79.9. The molecule has 4 heteroatoms. The maximum absolute atomic E-state index is 6.19. The molecule has 0 saturated carbocycles. The molecule has 1 nitrogen and oxygen atoms in total. The highest BCUT2D eigenvalue weighted by Gasteiger charge is 2.14. The molecule has 0 aliphatic heterocycles. The molecule has 0 spiro atoms. The molecule has 2 rings (SSSR count). The molecular weight excluding hydrogens is 415 g/mol. The van der Waals surface area contributed by atoms with Crippen molar-refractivity contribution in [1.29, 1.82) is 0 Å². The molecule has 0 aliphatic carbocycles. The van der Waals surface area contributed by atoms with Crippen LogP contribution in [0.3, 0.4) is 0 Å². The van der Waals surface area contributed by atoms with Gasteiger partial charge >= 0.3 is 0 Å². The summed E-state index contributed by atoms with van der Waals surface area (Å²) in [5, 5.41) is 0. The predicted molar refractivity (Wildman–Crippen MR) is 96.5 cm³/mol. The Hall–Kier alpha value is -0.510. The summed E-state index contributed by atoms with van der Waals surface area (Å²) >= 11 is 13.3. The monoisotopic (exact) mass is 430 g/mol. The molecule has 0 fully saturated rings. The van der Waals surface area contributed by atoms with Crippen molar-refractivity contribution in [3.05, 3.63) is 62.5 Å². The van der Waals surface area contributed by atoms with Gasteiger partial charge in [-0.25, -0.2) is 0 Å². The van der Waals surface area contributed by atoms with Crippen molar-refractivity contribution in [3.8, 4) is 5.75 Å². The van der Waals surface area contributed by atoms with Gasteiger partial charge in [0.15, 0.2) is 0 Å². The van der Waals surface area contributed by atoms with Gasteiger partial charge in [0.2, 0.25) is 0 Å². The minimum absolute atomic E-state index is 0.369. The number of methoxy groups -OCH3 is 1. The number of ether oxygens (including phenoxy) is 1. The van der Waals surface area contributed by atoms with Gasteiger partial charge in [-0.2, -0.15) is 0 Å². The lowest BCUT2D eigenvalue weighted by atomic mass is 9.93. The molecule has 0 radical (unpaired) electrons. The van der Waals surface area contributed by atoms with Crippen molar-refractivity contribution in [3.63, 3.8) is 0 Å². The second-order valence-electron chi connectivity index (χ2n) is 4.98. The molecule has 112 valence electrons.